The summed E-state index contributed by atoms with van der Waals surface area (Å²) in [7, 11) is 0. The molecule has 1 aliphatic heterocycles. The maximum absolute atomic E-state index is 12.4. The summed E-state index contributed by atoms with van der Waals surface area (Å²) in [5.41, 5.74) is 2.97. The lowest BCUT2D eigenvalue weighted by Gasteiger charge is -2.36. The number of morpholine rings is 1. The molecule has 3 rings (SSSR count). The van der Waals surface area contributed by atoms with Crippen LogP contribution in [-0.4, -0.2) is 36.4 Å². The molecule has 1 saturated heterocycles. The first-order valence-corrected chi connectivity index (χ1v) is 8.18. The van der Waals surface area contributed by atoms with Gasteiger partial charge < -0.3 is 19.5 Å². The number of carbonyl (C=O) groups is 1. The molecule has 6 nitrogen and oxygen atoms in total. The minimum absolute atomic E-state index is 0.201. The quantitative estimate of drug-likeness (QED) is 0.937. The number of aromatic nitrogens is 1. The topological polar surface area (TPSA) is 67.6 Å². The van der Waals surface area contributed by atoms with Crippen molar-refractivity contribution in [3.63, 3.8) is 0 Å². The van der Waals surface area contributed by atoms with Gasteiger partial charge in [-0.05, 0) is 52.0 Å². The molecule has 0 aliphatic carbocycles. The van der Waals surface area contributed by atoms with E-state index < -0.39 is 0 Å². The van der Waals surface area contributed by atoms with E-state index in [4.69, 9.17) is 9.26 Å². The minimum atomic E-state index is -0.201. The molecular formula is C18H23N3O3. The third-order valence-electron chi connectivity index (χ3n) is 4.17. The van der Waals surface area contributed by atoms with Crippen molar-refractivity contribution in [2.75, 3.05) is 23.3 Å². The summed E-state index contributed by atoms with van der Waals surface area (Å²) in [4.78, 5) is 14.7. The van der Waals surface area contributed by atoms with E-state index in [0.717, 1.165) is 24.5 Å². The predicted molar refractivity (Wildman–Crippen MR) is 92.6 cm³/mol. The summed E-state index contributed by atoms with van der Waals surface area (Å²) in [5.74, 6) is 0.325. The van der Waals surface area contributed by atoms with Crippen molar-refractivity contribution >= 4 is 17.3 Å². The van der Waals surface area contributed by atoms with Gasteiger partial charge in [-0.2, -0.15) is 0 Å². The van der Waals surface area contributed by atoms with Crippen molar-refractivity contribution in [3.8, 4) is 0 Å². The Morgan fingerprint density at radius 1 is 1.17 bits per heavy atom. The largest absolute Gasteiger partial charge is 0.372 e. The second kappa shape index (κ2) is 6.65. The van der Waals surface area contributed by atoms with Gasteiger partial charge in [-0.25, -0.2) is 0 Å². The Kier molecular flexibility index (Phi) is 4.57. The van der Waals surface area contributed by atoms with Crippen molar-refractivity contribution in [2.45, 2.75) is 39.9 Å². The van der Waals surface area contributed by atoms with Crippen LogP contribution in [0.25, 0.3) is 0 Å². The van der Waals surface area contributed by atoms with E-state index in [1.54, 1.807) is 13.8 Å². The van der Waals surface area contributed by atoms with E-state index in [1.165, 1.54) is 0 Å². The summed E-state index contributed by atoms with van der Waals surface area (Å²) in [6, 6.07) is 7.87. The fraction of sp³-hybridized carbons (Fsp3) is 0.444. The molecule has 1 aromatic heterocycles. The fourth-order valence-electron chi connectivity index (χ4n) is 3.15. The molecule has 2 atom stereocenters. The van der Waals surface area contributed by atoms with Gasteiger partial charge in [-0.1, -0.05) is 5.16 Å². The van der Waals surface area contributed by atoms with Gasteiger partial charge in [-0.15, -0.1) is 0 Å². The van der Waals surface area contributed by atoms with Crippen LogP contribution in [-0.2, 0) is 4.74 Å². The smallest absolute Gasteiger partial charge is 0.261 e. The second-order valence-electron chi connectivity index (χ2n) is 6.36. The Hall–Kier alpha value is -2.34. The number of ether oxygens (including phenoxy) is 1. The predicted octanol–water partition coefficient (Wildman–Crippen LogP) is 3.16. The Bertz CT molecular complexity index is 694. The lowest BCUT2D eigenvalue weighted by atomic mass is 10.1. The molecule has 6 heteroatoms. The zero-order chi connectivity index (χ0) is 17.3. The maximum atomic E-state index is 12.4. The summed E-state index contributed by atoms with van der Waals surface area (Å²) in [5, 5.41) is 6.71. The molecule has 2 heterocycles. The van der Waals surface area contributed by atoms with Gasteiger partial charge in [0, 0.05) is 24.5 Å². The summed E-state index contributed by atoms with van der Waals surface area (Å²) in [6.07, 6.45) is 0.431. The molecule has 1 aliphatic rings. The first-order valence-electron chi connectivity index (χ1n) is 8.18. The zero-order valence-corrected chi connectivity index (χ0v) is 14.5. The number of carbonyl (C=O) groups excluding carboxylic acids is 1. The van der Waals surface area contributed by atoms with E-state index in [2.05, 4.69) is 29.2 Å². The molecular weight excluding hydrogens is 306 g/mol. The molecule has 0 bridgehead atoms. The lowest BCUT2D eigenvalue weighted by Crippen LogP contribution is -2.45. The molecule has 0 unspecified atom stereocenters. The van der Waals surface area contributed by atoms with E-state index in [0.29, 0.717) is 17.0 Å². The van der Waals surface area contributed by atoms with Crippen LogP contribution in [0.3, 0.4) is 0 Å². The third-order valence-corrected chi connectivity index (χ3v) is 4.17. The monoisotopic (exact) mass is 329 g/mol. The second-order valence-corrected chi connectivity index (χ2v) is 6.36. The van der Waals surface area contributed by atoms with Gasteiger partial charge in [0.1, 0.15) is 11.3 Å². The Morgan fingerprint density at radius 3 is 2.33 bits per heavy atom. The lowest BCUT2D eigenvalue weighted by molar-refractivity contribution is -0.00521. The van der Waals surface area contributed by atoms with Gasteiger partial charge in [0.25, 0.3) is 5.91 Å². The maximum Gasteiger partial charge on any atom is 0.261 e. The number of hydrogen-bond donors (Lipinski definition) is 1. The zero-order valence-electron chi connectivity index (χ0n) is 14.5. The van der Waals surface area contributed by atoms with Crippen LogP contribution in [0.1, 0.15) is 35.7 Å². The molecule has 0 spiro atoms. The molecule has 1 N–H and O–H groups in total. The van der Waals surface area contributed by atoms with E-state index in [1.807, 2.05) is 24.3 Å². The van der Waals surface area contributed by atoms with Crippen LogP contribution < -0.4 is 10.2 Å². The number of amides is 1. The minimum Gasteiger partial charge on any atom is -0.372 e. The van der Waals surface area contributed by atoms with Gasteiger partial charge in [-0.3, -0.25) is 4.79 Å². The molecule has 0 saturated carbocycles. The average molecular weight is 329 g/mol. The number of nitrogens with zero attached hydrogens (tertiary/aromatic N) is 2. The number of hydrogen-bond acceptors (Lipinski definition) is 5. The van der Waals surface area contributed by atoms with E-state index in [9.17, 15) is 4.79 Å². The van der Waals surface area contributed by atoms with Crippen molar-refractivity contribution in [2.24, 2.45) is 0 Å². The third kappa shape index (κ3) is 3.43. The summed E-state index contributed by atoms with van der Waals surface area (Å²) in [6.45, 7) is 9.40. The van der Waals surface area contributed by atoms with Crippen LogP contribution in [0, 0.1) is 13.8 Å². The number of benzene rings is 1. The van der Waals surface area contributed by atoms with Crippen molar-refractivity contribution in [1.29, 1.82) is 0 Å². The molecule has 0 radical (unpaired) electrons. The Morgan fingerprint density at radius 2 is 1.79 bits per heavy atom. The highest BCUT2D eigenvalue weighted by Crippen LogP contribution is 2.23. The average Bonchev–Trinajstić information content (AvgIpc) is 2.86. The van der Waals surface area contributed by atoms with E-state index >= 15 is 0 Å². The molecule has 1 fully saturated rings. The first-order chi connectivity index (χ1) is 11.4. The highest BCUT2D eigenvalue weighted by molar-refractivity contribution is 6.05. The summed E-state index contributed by atoms with van der Waals surface area (Å²) < 4.78 is 10.8. The molecule has 1 aromatic carbocycles. The van der Waals surface area contributed by atoms with Crippen LogP contribution in [0.15, 0.2) is 28.8 Å². The normalized spacial score (nSPS) is 20.9. The number of nitrogens with one attached hydrogen (secondary N) is 1. The standard InChI is InChI=1S/C18H23N3O3/c1-11-9-21(10-12(2)23-11)16-7-5-15(6-8-16)19-18(22)17-13(3)20-24-14(17)4/h5-8,11-12H,9-10H2,1-4H3,(H,19,22)/t11-,12+. The number of anilines is 2. The Balaban J connectivity index is 1.70. The summed E-state index contributed by atoms with van der Waals surface area (Å²) >= 11 is 0. The first kappa shape index (κ1) is 16.5. The van der Waals surface area contributed by atoms with Crippen molar-refractivity contribution < 1.29 is 14.1 Å². The molecule has 128 valence electrons. The molecule has 1 amide bonds. The van der Waals surface area contributed by atoms with Gasteiger partial charge in [0.15, 0.2) is 0 Å². The van der Waals surface area contributed by atoms with Crippen LogP contribution in [0.2, 0.25) is 0 Å². The van der Waals surface area contributed by atoms with Crippen molar-refractivity contribution in [1.82, 2.24) is 5.16 Å². The van der Waals surface area contributed by atoms with Crippen LogP contribution >= 0.6 is 0 Å². The molecule has 24 heavy (non-hydrogen) atoms. The fourth-order valence-corrected chi connectivity index (χ4v) is 3.15. The highest BCUT2D eigenvalue weighted by atomic mass is 16.5. The van der Waals surface area contributed by atoms with E-state index in [-0.39, 0.29) is 18.1 Å². The van der Waals surface area contributed by atoms with Gasteiger partial charge >= 0.3 is 0 Å². The van der Waals surface area contributed by atoms with Crippen LogP contribution in [0.4, 0.5) is 11.4 Å². The van der Waals surface area contributed by atoms with Crippen LogP contribution in [0.5, 0.6) is 0 Å². The van der Waals surface area contributed by atoms with Gasteiger partial charge in [0.2, 0.25) is 0 Å². The highest BCUT2D eigenvalue weighted by Gasteiger charge is 2.22. The number of rotatable bonds is 3. The van der Waals surface area contributed by atoms with Gasteiger partial charge in [0.05, 0.1) is 17.9 Å². The molecule has 2 aromatic rings. The Labute approximate surface area is 141 Å². The van der Waals surface area contributed by atoms with Crippen molar-refractivity contribution in [3.05, 3.63) is 41.3 Å². The SMILES string of the molecule is Cc1noc(C)c1C(=O)Nc1ccc(N2C[C@@H](C)O[C@@H](C)C2)cc1. The number of aryl methyl sites for hydroxylation is 2.